The third kappa shape index (κ3) is 3.42. The van der Waals surface area contributed by atoms with E-state index in [-0.39, 0.29) is 5.78 Å². The summed E-state index contributed by atoms with van der Waals surface area (Å²) in [6.07, 6.45) is 9.87. The molecule has 2 atom stereocenters. The monoisotopic (exact) mass is 441 g/mol. The van der Waals surface area contributed by atoms with Crippen molar-refractivity contribution in [2.24, 2.45) is 17.8 Å². The molecule has 1 aromatic rings. The van der Waals surface area contributed by atoms with Crippen molar-refractivity contribution >= 4 is 17.6 Å². The number of benzene rings is 1. The van der Waals surface area contributed by atoms with Crippen LogP contribution in [0.25, 0.3) is 0 Å². The summed E-state index contributed by atoms with van der Waals surface area (Å²) < 4.78 is 11.8. The maximum Gasteiger partial charge on any atom is 0.416 e. The third-order valence-corrected chi connectivity index (χ3v) is 8.10. The summed E-state index contributed by atoms with van der Waals surface area (Å²) in [5, 5.41) is 0. The Morgan fingerprint density at radius 3 is 2.45 bits per heavy atom. The molecule has 4 fully saturated rings. The first kappa shape index (κ1) is 20.4. The van der Waals surface area contributed by atoms with Crippen LogP contribution in [-0.2, 0) is 9.53 Å². The van der Waals surface area contributed by atoms with E-state index in [1.54, 1.807) is 19.3 Å². The molecule has 0 radical (unpaired) electrons. The fourth-order valence-corrected chi connectivity index (χ4v) is 7.14. The number of methoxy groups -OCH3 is 1. The molecule has 7 rings (SSSR count). The minimum absolute atomic E-state index is 0.115. The van der Waals surface area contributed by atoms with Crippen LogP contribution < -0.4 is 9.64 Å². The average molecular weight is 442 g/mol. The molecular weight excluding hydrogens is 414 g/mol. The standard InChI is InChI=1S/C28H27NO4/c1-32-21-9-10-24-23(14-21)22-7-5-3-2-4-6-8-25(26(22)30)29(24)27(31)33-28-15-18-11-19(16-28)13-20(12-18)17-28/h2,4,9-10,14,18-20,22,25H,7,11-13,15-17H2,1H3/b4-2-/t18?,19?,20?,22-,25-,28?/m1/s1. The summed E-state index contributed by atoms with van der Waals surface area (Å²) in [6, 6.07) is 4.62. The van der Waals surface area contributed by atoms with Gasteiger partial charge in [0.05, 0.1) is 18.7 Å². The number of hydrogen-bond acceptors (Lipinski definition) is 4. The van der Waals surface area contributed by atoms with Gasteiger partial charge in [-0.1, -0.05) is 23.7 Å². The smallest absolute Gasteiger partial charge is 0.416 e. The molecule has 6 aliphatic rings. The molecule has 0 spiro atoms. The van der Waals surface area contributed by atoms with Crippen molar-refractivity contribution in [3.63, 3.8) is 0 Å². The van der Waals surface area contributed by atoms with E-state index >= 15 is 0 Å². The largest absolute Gasteiger partial charge is 0.497 e. The molecule has 168 valence electrons. The van der Waals surface area contributed by atoms with Gasteiger partial charge in [0.15, 0.2) is 11.8 Å². The SMILES string of the molecule is COc1ccc2c(c1)[C@H]1CC#C/C=C\C#C[C@H](C1=O)N2C(=O)OC12CC3CC(CC(C3)C1)C2. The van der Waals surface area contributed by atoms with Crippen molar-refractivity contribution in [1.82, 2.24) is 0 Å². The molecule has 1 aliphatic heterocycles. The number of fused-ring (bicyclic) bond motifs is 4. The molecule has 4 saturated carbocycles. The molecule has 1 heterocycles. The van der Waals surface area contributed by atoms with E-state index in [0.717, 1.165) is 24.8 Å². The zero-order valence-electron chi connectivity index (χ0n) is 18.8. The number of anilines is 1. The highest BCUT2D eigenvalue weighted by Crippen LogP contribution is 2.57. The molecule has 5 aliphatic carbocycles. The zero-order chi connectivity index (χ0) is 22.6. The fraction of sp³-hybridized carbons (Fsp3) is 0.500. The van der Waals surface area contributed by atoms with Gasteiger partial charge in [-0.15, -0.1) is 0 Å². The van der Waals surface area contributed by atoms with Gasteiger partial charge < -0.3 is 9.47 Å². The maximum atomic E-state index is 13.8. The lowest BCUT2D eigenvalue weighted by molar-refractivity contribution is -0.128. The molecule has 1 amide bonds. The second-order valence-corrected chi connectivity index (χ2v) is 10.3. The van der Waals surface area contributed by atoms with Gasteiger partial charge in [0.2, 0.25) is 0 Å². The summed E-state index contributed by atoms with van der Waals surface area (Å²) in [4.78, 5) is 28.9. The normalized spacial score (nSPS) is 36.0. The maximum absolute atomic E-state index is 13.8. The Morgan fingerprint density at radius 2 is 1.76 bits per heavy atom. The van der Waals surface area contributed by atoms with E-state index in [2.05, 4.69) is 23.7 Å². The molecule has 0 unspecified atom stereocenters. The summed E-state index contributed by atoms with van der Waals surface area (Å²) >= 11 is 0. The third-order valence-electron chi connectivity index (χ3n) is 8.10. The second-order valence-electron chi connectivity index (χ2n) is 10.3. The van der Waals surface area contributed by atoms with Gasteiger partial charge in [-0.3, -0.25) is 9.69 Å². The quantitative estimate of drug-likeness (QED) is 0.629. The van der Waals surface area contributed by atoms with E-state index in [0.29, 0.717) is 35.6 Å². The van der Waals surface area contributed by atoms with Crippen molar-refractivity contribution in [3.8, 4) is 29.4 Å². The lowest BCUT2D eigenvalue weighted by atomic mass is 9.54. The number of rotatable bonds is 2. The summed E-state index contributed by atoms with van der Waals surface area (Å²) in [7, 11) is 1.59. The van der Waals surface area contributed by atoms with Gasteiger partial charge in [0, 0.05) is 6.42 Å². The van der Waals surface area contributed by atoms with Gasteiger partial charge in [0.25, 0.3) is 0 Å². The molecule has 0 saturated heterocycles. The topological polar surface area (TPSA) is 55.8 Å². The van der Waals surface area contributed by atoms with Crippen molar-refractivity contribution in [1.29, 1.82) is 0 Å². The van der Waals surface area contributed by atoms with Crippen LogP contribution in [0.3, 0.4) is 0 Å². The highest BCUT2D eigenvalue weighted by molar-refractivity contribution is 6.08. The number of Topliss-reactive ketones (excluding diaryl/α,β-unsaturated/α-hetero) is 1. The molecule has 5 heteroatoms. The van der Waals surface area contributed by atoms with Crippen LogP contribution in [0.4, 0.5) is 10.5 Å². The summed E-state index contributed by atoms with van der Waals surface area (Å²) in [5.41, 5.74) is 1.02. The van der Waals surface area contributed by atoms with Gasteiger partial charge in [-0.2, -0.15) is 0 Å². The van der Waals surface area contributed by atoms with Crippen LogP contribution >= 0.6 is 0 Å². The first-order chi connectivity index (χ1) is 16.0. The zero-order valence-corrected chi connectivity index (χ0v) is 18.8. The van der Waals surface area contributed by atoms with Crippen molar-refractivity contribution in [2.75, 3.05) is 12.0 Å². The molecule has 1 aromatic carbocycles. The minimum Gasteiger partial charge on any atom is -0.497 e. The predicted octanol–water partition coefficient (Wildman–Crippen LogP) is 4.61. The van der Waals surface area contributed by atoms with E-state index in [9.17, 15) is 9.59 Å². The lowest BCUT2D eigenvalue weighted by Gasteiger charge is -2.56. The summed E-state index contributed by atoms with van der Waals surface area (Å²) in [6.45, 7) is 0. The molecule has 33 heavy (non-hydrogen) atoms. The Morgan fingerprint density at radius 1 is 1.06 bits per heavy atom. The number of ether oxygens (including phenoxy) is 2. The van der Waals surface area contributed by atoms with Crippen molar-refractivity contribution in [3.05, 3.63) is 35.9 Å². The lowest BCUT2D eigenvalue weighted by Crippen LogP contribution is -2.57. The number of allylic oxidation sites excluding steroid dienone is 2. The van der Waals surface area contributed by atoms with Gasteiger partial charge >= 0.3 is 6.09 Å². The van der Waals surface area contributed by atoms with Crippen molar-refractivity contribution in [2.45, 2.75) is 62.5 Å². The van der Waals surface area contributed by atoms with Gasteiger partial charge in [0.1, 0.15) is 11.4 Å². The van der Waals surface area contributed by atoms with Gasteiger partial charge in [-0.25, -0.2) is 4.79 Å². The molecular formula is C28H27NO4. The Balaban J connectivity index is 1.40. The number of carbonyl (C=O) groups is 2. The molecule has 6 bridgehead atoms. The van der Waals surface area contributed by atoms with E-state index in [1.807, 2.05) is 18.2 Å². The Kier molecular flexibility index (Phi) is 4.77. The van der Waals surface area contributed by atoms with Crippen LogP contribution in [0.5, 0.6) is 5.75 Å². The predicted molar refractivity (Wildman–Crippen MR) is 124 cm³/mol. The van der Waals surface area contributed by atoms with E-state index in [4.69, 9.17) is 9.47 Å². The Labute approximate surface area is 194 Å². The van der Waals surface area contributed by atoms with Crippen LogP contribution in [0.15, 0.2) is 30.4 Å². The van der Waals surface area contributed by atoms with E-state index < -0.39 is 23.7 Å². The average Bonchev–Trinajstić information content (AvgIpc) is 2.77. The molecule has 0 aromatic heterocycles. The van der Waals surface area contributed by atoms with Crippen LogP contribution in [-0.4, -0.2) is 30.6 Å². The van der Waals surface area contributed by atoms with Crippen LogP contribution in [0.1, 0.15) is 56.4 Å². The molecule has 0 N–H and O–H groups in total. The van der Waals surface area contributed by atoms with Crippen molar-refractivity contribution < 1.29 is 19.1 Å². The number of ketones is 1. The highest BCUT2D eigenvalue weighted by atomic mass is 16.6. The van der Waals surface area contributed by atoms with Gasteiger partial charge in [-0.05, 0) is 92.2 Å². The Hall–Kier alpha value is -3.18. The number of hydrogen-bond donors (Lipinski definition) is 0. The Bertz CT molecular complexity index is 1140. The number of carbonyl (C=O) groups excluding carboxylic acids is 2. The van der Waals surface area contributed by atoms with Crippen LogP contribution in [0.2, 0.25) is 0 Å². The summed E-state index contributed by atoms with van der Waals surface area (Å²) in [5.74, 6) is 14.0. The van der Waals surface area contributed by atoms with E-state index in [1.165, 1.54) is 24.2 Å². The first-order valence-corrected chi connectivity index (χ1v) is 11.9. The number of amides is 1. The highest BCUT2D eigenvalue weighted by Gasteiger charge is 2.54. The fourth-order valence-electron chi connectivity index (χ4n) is 7.14. The first-order valence-electron chi connectivity index (χ1n) is 11.9. The second kappa shape index (κ2) is 7.70. The minimum atomic E-state index is -0.887. The van der Waals surface area contributed by atoms with Crippen LogP contribution in [0, 0.1) is 41.4 Å². The molecule has 5 nitrogen and oxygen atoms in total. The number of nitrogens with zero attached hydrogens (tertiary/aromatic N) is 1.